The second-order valence-electron chi connectivity index (χ2n) is 2.09. The highest BCUT2D eigenvalue weighted by Crippen LogP contribution is 1.69. The Balaban J connectivity index is 3.88. The smallest absolute Gasteiger partial charge is 0.209 e. The standard InChI is InChI=1S/C6H15N7/c1-5(3-10-11-4-7)12-13-6(8)9-2/h3,11H,4,7H2,1-2H3,(H3,8,9,13). The Bertz CT molecular complexity index is 217. The normalized spacial score (nSPS) is 13.5. The summed E-state index contributed by atoms with van der Waals surface area (Å²) >= 11 is 0. The molecule has 0 atom stereocenters. The van der Waals surface area contributed by atoms with E-state index in [2.05, 4.69) is 26.0 Å². The highest BCUT2D eigenvalue weighted by atomic mass is 15.4. The average Bonchev–Trinajstić information content (AvgIpc) is 2.14. The molecule has 0 aliphatic carbocycles. The lowest BCUT2D eigenvalue weighted by Gasteiger charge is -1.97. The lowest BCUT2D eigenvalue weighted by Crippen LogP contribution is -2.28. The molecule has 0 aromatic rings. The zero-order valence-corrected chi connectivity index (χ0v) is 7.78. The molecule has 0 unspecified atom stereocenters. The average molecular weight is 185 g/mol. The summed E-state index contributed by atoms with van der Waals surface area (Å²) in [6.45, 7) is 2.05. The maximum atomic E-state index is 5.33. The molecule has 0 fully saturated rings. The van der Waals surface area contributed by atoms with E-state index in [0.717, 1.165) is 0 Å². The van der Waals surface area contributed by atoms with Gasteiger partial charge in [0.15, 0.2) is 0 Å². The predicted molar refractivity (Wildman–Crippen MR) is 54.5 cm³/mol. The fraction of sp³-hybridized carbons (Fsp3) is 0.500. The Morgan fingerprint density at radius 2 is 2.23 bits per heavy atom. The number of hydrazone groups is 2. The number of guanidine groups is 1. The maximum absolute atomic E-state index is 5.33. The second-order valence-corrected chi connectivity index (χ2v) is 2.09. The maximum Gasteiger partial charge on any atom is 0.209 e. The third-order valence-corrected chi connectivity index (χ3v) is 1.02. The van der Waals surface area contributed by atoms with Crippen LogP contribution in [-0.2, 0) is 0 Å². The molecule has 74 valence electrons. The minimum absolute atomic E-state index is 0.250. The van der Waals surface area contributed by atoms with Gasteiger partial charge in [0.2, 0.25) is 5.96 Å². The number of rotatable bonds is 4. The van der Waals surface area contributed by atoms with E-state index in [-0.39, 0.29) is 12.6 Å². The summed E-state index contributed by atoms with van der Waals surface area (Å²) in [5, 5.41) is 7.59. The summed E-state index contributed by atoms with van der Waals surface area (Å²) < 4.78 is 0. The Morgan fingerprint density at radius 1 is 1.54 bits per heavy atom. The fourth-order valence-electron chi connectivity index (χ4n) is 0.416. The summed E-state index contributed by atoms with van der Waals surface area (Å²) in [6.07, 6.45) is 1.52. The number of nitrogens with one attached hydrogen (secondary N) is 2. The first kappa shape index (κ1) is 11.4. The number of hydrogen-bond donors (Lipinski definition) is 4. The number of aliphatic imine (C=N–C) groups is 1. The molecule has 7 heteroatoms. The van der Waals surface area contributed by atoms with Gasteiger partial charge in [-0.3, -0.25) is 10.4 Å². The predicted octanol–water partition coefficient (Wildman–Crippen LogP) is -1.61. The van der Waals surface area contributed by atoms with E-state index in [1.165, 1.54) is 6.21 Å². The van der Waals surface area contributed by atoms with E-state index in [1.807, 2.05) is 0 Å². The minimum Gasteiger partial charge on any atom is -0.369 e. The first-order valence-electron chi connectivity index (χ1n) is 3.69. The Hall–Kier alpha value is -1.63. The zero-order valence-electron chi connectivity index (χ0n) is 7.78. The summed E-state index contributed by atoms with van der Waals surface area (Å²) in [6, 6.07) is 0. The van der Waals surface area contributed by atoms with E-state index >= 15 is 0 Å². The van der Waals surface area contributed by atoms with Crippen LogP contribution in [0.25, 0.3) is 0 Å². The summed E-state index contributed by atoms with van der Waals surface area (Å²) in [7, 11) is 1.57. The zero-order chi connectivity index (χ0) is 10.1. The van der Waals surface area contributed by atoms with Crippen LogP contribution in [0.2, 0.25) is 0 Å². The van der Waals surface area contributed by atoms with Crippen molar-refractivity contribution in [2.45, 2.75) is 6.92 Å². The molecule has 0 aromatic carbocycles. The van der Waals surface area contributed by atoms with Crippen molar-refractivity contribution in [1.82, 2.24) is 10.9 Å². The molecule has 0 aliphatic rings. The van der Waals surface area contributed by atoms with Crippen LogP contribution >= 0.6 is 0 Å². The van der Waals surface area contributed by atoms with Crippen LogP contribution in [0.4, 0.5) is 0 Å². The molecule has 0 saturated heterocycles. The molecule has 0 saturated carbocycles. The third kappa shape index (κ3) is 6.76. The van der Waals surface area contributed by atoms with Crippen molar-refractivity contribution in [3.05, 3.63) is 0 Å². The molecule has 0 amide bonds. The Kier molecular flexibility index (Phi) is 6.16. The molecule has 0 rings (SSSR count). The highest BCUT2D eigenvalue weighted by Gasteiger charge is 1.86. The molecule has 0 radical (unpaired) electrons. The van der Waals surface area contributed by atoms with Crippen LogP contribution < -0.4 is 22.3 Å². The molecule has 0 bridgehead atoms. The van der Waals surface area contributed by atoms with Crippen LogP contribution in [0, 0.1) is 0 Å². The highest BCUT2D eigenvalue weighted by molar-refractivity contribution is 6.29. The van der Waals surface area contributed by atoms with Crippen molar-refractivity contribution in [2.24, 2.45) is 26.7 Å². The molecular formula is C6H15N7. The molecule has 0 aliphatic heterocycles. The monoisotopic (exact) mass is 185 g/mol. The lowest BCUT2D eigenvalue weighted by atomic mass is 10.5. The van der Waals surface area contributed by atoms with Gasteiger partial charge in [-0.05, 0) is 6.92 Å². The van der Waals surface area contributed by atoms with Crippen LogP contribution in [0.15, 0.2) is 15.2 Å². The van der Waals surface area contributed by atoms with Crippen LogP contribution in [0.5, 0.6) is 0 Å². The van der Waals surface area contributed by atoms with E-state index in [4.69, 9.17) is 11.5 Å². The number of nitrogens with zero attached hydrogens (tertiary/aromatic N) is 3. The van der Waals surface area contributed by atoms with Gasteiger partial charge < -0.3 is 11.5 Å². The SMILES string of the molecule is CN=C(N)NN=C(C)C=NNCN. The van der Waals surface area contributed by atoms with Gasteiger partial charge in [0, 0.05) is 7.05 Å². The van der Waals surface area contributed by atoms with Crippen molar-refractivity contribution >= 4 is 17.9 Å². The Labute approximate surface area is 77.0 Å². The molecule has 0 aromatic heterocycles. The van der Waals surface area contributed by atoms with E-state index < -0.39 is 0 Å². The minimum atomic E-state index is 0.250. The quantitative estimate of drug-likeness (QED) is 0.182. The number of nitrogens with two attached hydrogens (primary N) is 2. The van der Waals surface area contributed by atoms with E-state index in [9.17, 15) is 0 Å². The van der Waals surface area contributed by atoms with Gasteiger partial charge >= 0.3 is 0 Å². The fourth-order valence-corrected chi connectivity index (χ4v) is 0.416. The molecule has 13 heavy (non-hydrogen) atoms. The largest absolute Gasteiger partial charge is 0.369 e. The van der Waals surface area contributed by atoms with Gasteiger partial charge in [0.25, 0.3) is 0 Å². The summed E-state index contributed by atoms with van der Waals surface area (Å²) in [5.74, 6) is 0.250. The van der Waals surface area contributed by atoms with Crippen molar-refractivity contribution in [3.8, 4) is 0 Å². The lowest BCUT2D eigenvalue weighted by molar-refractivity contribution is 0.765. The molecule has 6 N–H and O–H groups in total. The van der Waals surface area contributed by atoms with Crippen molar-refractivity contribution in [2.75, 3.05) is 13.7 Å². The van der Waals surface area contributed by atoms with E-state index in [0.29, 0.717) is 5.71 Å². The van der Waals surface area contributed by atoms with Crippen LogP contribution in [0.3, 0.4) is 0 Å². The van der Waals surface area contributed by atoms with E-state index in [1.54, 1.807) is 14.0 Å². The van der Waals surface area contributed by atoms with Gasteiger partial charge in [-0.15, -0.1) is 0 Å². The van der Waals surface area contributed by atoms with Gasteiger partial charge in [0.1, 0.15) is 0 Å². The first-order chi connectivity index (χ1) is 6.20. The van der Waals surface area contributed by atoms with Crippen molar-refractivity contribution < 1.29 is 0 Å². The summed E-state index contributed by atoms with van der Waals surface area (Å²) in [4.78, 5) is 3.65. The second kappa shape index (κ2) is 7.04. The number of hydrogen-bond acceptors (Lipinski definition) is 5. The van der Waals surface area contributed by atoms with Gasteiger partial charge in [0.05, 0.1) is 18.6 Å². The molecule has 0 heterocycles. The topological polar surface area (TPSA) is 113 Å². The van der Waals surface area contributed by atoms with Crippen molar-refractivity contribution in [3.63, 3.8) is 0 Å². The first-order valence-corrected chi connectivity index (χ1v) is 3.69. The third-order valence-electron chi connectivity index (χ3n) is 1.02. The van der Waals surface area contributed by atoms with Crippen LogP contribution in [-0.4, -0.2) is 31.6 Å². The Morgan fingerprint density at radius 3 is 2.77 bits per heavy atom. The summed E-state index contributed by atoms with van der Waals surface area (Å²) in [5.41, 5.74) is 16.2. The molecule has 0 spiro atoms. The van der Waals surface area contributed by atoms with Crippen molar-refractivity contribution in [1.29, 1.82) is 0 Å². The van der Waals surface area contributed by atoms with Crippen LogP contribution in [0.1, 0.15) is 6.92 Å². The van der Waals surface area contributed by atoms with Gasteiger partial charge in [-0.2, -0.15) is 10.2 Å². The van der Waals surface area contributed by atoms with Gasteiger partial charge in [-0.1, -0.05) is 0 Å². The molecule has 7 nitrogen and oxygen atoms in total. The van der Waals surface area contributed by atoms with Gasteiger partial charge in [-0.25, -0.2) is 5.43 Å². The molecular weight excluding hydrogens is 170 g/mol.